The first-order valence-electron chi connectivity index (χ1n) is 9.20. The van der Waals surface area contributed by atoms with Gasteiger partial charge < -0.3 is 4.57 Å². The van der Waals surface area contributed by atoms with Gasteiger partial charge >= 0.3 is 0 Å². The van der Waals surface area contributed by atoms with Crippen LogP contribution in [0.3, 0.4) is 0 Å². The van der Waals surface area contributed by atoms with Crippen molar-refractivity contribution in [1.82, 2.24) is 24.2 Å². The van der Waals surface area contributed by atoms with Crippen LogP contribution in [-0.2, 0) is 13.7 Å². The van der Waals surface area contributed by atoms with Gasteiger partial charge in [-0.2, -0.15) is 5.10 Å². The van der Waals surface area contributed by atoms with E-state index in [9.17, 15) is 0 Å². The van der Waals surface area contributed by atoms with Crippen molar-refractivity contribution in [1.29, 1.82) is 0 Å². The molecule has 1 atom stereocenters. The molecule has 0 amide bonds. The Morgan fingerprint density at radius 2 is 1.96 bits per heavy atom. The number of aryl methyl sites for hydroxylation is 1. The fourth-order valence-electron chi connectivity index (χ4n) is 3.21. The standard InChI is InChI=1S/C21H23N5S2/c1-14-8-7-9-16(12-14)19-23-26(21(27)25(19)4)13-24(3)15(2)20-22-17-10-5-6-11-18(17)28-20/h5-12,15H,13H2,1-4H3. The fraction of sp³-hybridized carbons (Fsp3) is 0.286. The van der Waals surface area contributed by atoms with Crippen LogP contribution in [0.1, 0.15) is 23.5 Å². The van der Waals surface area contributed by atoms with E-state index in [2.05, 4.69) is 62.2 Å². The third-order valence-corrected chi connectivity index (χ3v) is 6.69. The minimum Gasteiger partial charge on any atom is -0.303 e. The molecule has 0 N–H and O–H groups in total. The normalized spacial score (nSPS) is 12.8. The Bertz CT molecular complexity index is 1150. The highest BCUT2D eigenvalue weighted by atomic mass is 32.1. The maximum Gasteiger partial charge on any atom is 0.199 e. The Morgan fingerprint density at radius 1 is 1.18 bits per heavy atom. The van der Waals surface area contributed by atoms with Crippen molar-refractivity contribution in [3.63, 3.8) is 0 Å². The second-order valence-corrected chi connectivity index (χ2v) is 8.56. The molecular formula is C21H23N5S2. The Labute approximate surface area is 173 Å². The molecule has 4 aromatic rings. The van der Waals surface area contributed by atoms with Gasteiger partial charge in [0.2, 0.25) is 0 Å². The van der Waals surface area contributed by atoms with Gasteiger partial charge in [0.15, 0.2) is 10.6 Å². The van der Waals surface area contributed by atoms with Gasteiger partial charge in [0, 0.05) is 12.6 Å². The molecule has 0 saturated heterocycles. The second-order valence-electron chi connectivity index (χ2n) is 7.13. The molecule has 1 unspecified atom stereocenters. The van der Waals surface area contributed by atoms with E-state index in [1.807, 2.05) is 28.4 Å². The molecule has 7 heteroatoms. The van der Waals surface area contributed by atoms with Crippen molar-refractivity contribution in [2.75, 3.05) is 7.05 Å². The predicted molar refractivity (Wildman–Crippen MR) is 118 cm³/mol. The molecule has 0 aliphatic carbocycles. The van der Waals surface area contributed by atoms with E-state index >= 15 is 0 Å². The number of para-hydroxylation sites is 1. The second kappa shape index (κ2) is 7.58. The molecule has 0 saturated carbocycles. The van der Waals surface area contributed by atoms with Crippen LogP contribution < -0.4 is 0 Å². The quantitative estimate of drug-likeness (QED) is 0.425. The van der Waals surface area contributed by atoms with Gasteiger partial charge in [0.1, 0.15) is 5.01 Å². The SMILES string of the molecule is Cc1cccc(-c2nn(CN(C)C(C)c3nc4ccccc4s3)c(=S)n2C)c1. The third-order valence-electron chi connectivity index (χ3n) is 5.00. The molecule has 2 aromatic carbocycles. The highest BCUT2D eigenvalue weighted by molar-refractivity contribution is 7.71. The number of rotatable bonds is 5. The lowest BCUT2D eigenvalue weighted by Crippen LogP contribution is -2.26. The van der Waals surface area contributed by atoms with Crippen LogP contribution in [0.25, 0.3) is 21.6 Å². The largest absolute Gasteiger partial charge is 0.303 e. The molecule has 0 radical (unpaired) electrons. The summed E-state index contributed by atoms with van der Waals surface area (Å²) in [6.45, 7) is 4.86. The lowest BCUT2D eigenvalue weighted by atomic mass is 10.1. The van der Waals surface area contributed by atoms with E-state index in [1.54, 1.807) is 11.3 Å². The predicted octanol–water partition coefficient (Wildman–Crippen LogP) is 5.19. The molecule has 0 spiro atoms. The van der Waals surface area contributed by atoms with Crippen LogP contribution in [-0.4, -0.2) is 31.3 Å². The summed E-state index contributed by atoms with van der Waals surface area (Å²) in [5.74, 6) is 0.884. The van der Waals surface area contributed by atoms with E-state index in [0.717, 1.165) is 21.9 Å². The smallest absolute Gasteiger partial charge is 0.199 e. The molecule has 2 heterocycles. The lowest BCUT2D eigenvalue weighted by Gasteiger charge is -2.22. The number of fused-ring (bicyclic) bond motifs is 1. The Kier molecular flexibility index (Phi) is 5.14. The first kappa shape index (κ1) is 19.0. The number of benzene rings is 2. The van der Waals surface area contributed by atoms with Gasteiger partial charge in [-0.25, -0.2) is 9.67 Å². The Balaban J connectivity index is 1.60. The molecule has 5 nitrogen and oxygen atoms in total. The van der Waals surface area contributed by atoms with E-state index in [4.69, 9.17) is 22.3 Å². The molecule has 0 fully saturated rings. The molecule has 4 rings (SSSR count). The van der Waals surface area contributed by atoms with Gasteiger partial charge in [0.25, 0.3) is 0 Å². The molecule has 0 aliphatic heterocycles. The summed E-state index contributed by atoms with van der Waals surface area (Å²) >= 11 is 7.39. The average Bonchev–Trinajstić information content (AvgIpc) is 3.24. The summed E-state index contributed by atoms with van der Waals surface area (Å²) < 4.78 is 5.78. The number of nitrogens with zero attached hydrogens (tertiary/aromatic N) is 5. The first-order valence-corrected chi connectivity index (χ1v) is 10.4. The van der Waals surface area contributed by atoms with Gasteiger partial charge in [-0.15, -0.1) is 11.3 Å². The van der Waals surface area contributed by atoms with E-state index in [1.165, 1.54) is 10.3 Å². The average molecular weight is 410 g/mol. The Morgan fingerprint density at radius 3 is 2.71 bits per heavy atom. The number of aromatic nitrogens is 4. The topological polar surface area (TPSA) is 38.9 Å². The first-order chi connectivity index (χ1) is 13.4. The zero-order chi connectivity index (χ0) is 19.8. The van der Waals surface area contributed by atoms with Crippen LogP contribution in [0.2, 0.25) is 0 Å². The van der Waals surface area contributed by atoms with Crippen LogP contribution in [0.15, 0.2) is 48.5 Å². The summed E-state index contributed by atoms with van der Waals surface area (Å²) in [4.78, 5) is 7.02. The number of hydrogen-bond acceptors (Lipinski definition) is 5. The summed E-state index contributed by atoms with van der Waals surface area (Å²) in [5.41, 5.74) is 3.34. The van der Waals surface area contributed by atoms with Crippen molar-refractivity contribution in [3.8, 4) is 11.4 Å². The third kappa shape index (κ3) is 3.53. The van der Waals surface area contributed by atoms with Crippen LogP contribution in [0.4, 0.5) is 0 Å². The van der Waals surface area contributed by atoms with Crippen molar-refractivity contribution in [3.05, 3.63) is 63.9 Å². The van der Waals surface area contributed by atoms with E-state index in [0.29, 0.717) is 11.4 Å². The van der Waals surface area contributed by atoms with Gasteiger partial charge in [-0.05, 0) is 51.3 Å². The summed E-state index contributed by atoms with van der Waals surface area (Å²) in [6.07, 6.45) is 0. The zero-order valence-corrected chi connectivity index (χ0v) is 18.1. The maximum atomic E-state index is 5.64. The lowest BCUT2D eigenvalue weighted by molar-refractivity contribution is 0.194. The van der Waals surface area contributed by atoms with Crippen LogP contribution in [0.5, 0.6) is 0 Å². The van der Waals surface area contributed by atoms with Crippen molar-refractivity contribution in [2.24, 2.45) is 7.05 Å². The number of hydrogen-bond donors (Lipinski definition) is 0. The minimum absolute atomic E-state index is 0.170. The highest BCUT2D eigenvalue weighted by Crippen LogP contribution is 2.29. The van der Waals surface area contributed by atoms with E-state index in [-0.39, 0.29) is 6.04 Å². The minimum atomic E-state index is 0.170. The summed E-state index contributed by atoms with van der Waals surface area (Å²) in [7, 11) is 4.06. The molecule has 0 bridgehead atoms. The van der Waals surface area contributed by atoms with Gasteiger partial charge in [0.05, 0.1) is 22.9 Å². The maximum absolute atomic E-state index is 5.64. The van der Waals surface area contributed by atoms with Gasteiger partial charge in [-0.1, -0.05) is 35.9 Å². The fourth-order valence-corrected chi connectivity index (χ4v) is 4.48. The highest BCUT2D eigenvalue weighted by Gasteiger charge is 2.18. The van der Waals surface area contributed by atoms with Crippen LogP contribution in [0, 0.1) is 11.7 Å². The molecule has 2 aromatic heterocycles. The van der Waals surface area contributed by atoms with Crippen molar-refractivity contribution < 1.29 is 0 Å². The zero-order valence-electron chi connectivity index (χ0n) is 16.5. The molecule has 0 aliphatic rings. The number of thiazole rings is 1. The van der Waals surface area contributed by atoms with Crippen molar-refractivity contribution >= 4 is 33.8 Å². The summed E-state index contributed by atoms with van der Waals surface area (Å²) in [5, 5.41) is 5.90. The molecule has 144 valence electrons. The molecule has 28 heavy (non-hydrogen) atoms. The van der Waals surface area contributed by atoms with Crippen molar-refractivity contribution in [2.45, 2.75) is 26.6 Å². The van der Waals surface area contributed by atoms with Crippen LogP contribution >= 0.6 is 23.6 Å². The summed E-state index contributed by atoms with van der Waals surface area (Å²) in [6, 6.07) is 16.8. The Hall–Kier alpha value is -2.35. The molecular weight excluding hydrogens is 386 g/mol. The monoisotopic (exact) mass is 409 g/mol. The van der Waals surface area contributed by atoms with E-state index < -0.39 is 0 Å². The van der Waals surface area contributed by atoms with Gasteiger partial charge in [-0.3, -0.25) is 4.90 Å².